The van der Waals surface area contributed by atoms with Gasteiger partial charge in [0.25, 0.3) is 17.4 Å². The van der Waals surface area contributed by atoms with Gasteiger partial charge in [0.15, 0.2) is 0 Å². The Morgan fingerprint density at radius 2 is 1.64 bits per heavy atom. The van der Waals surface area contributed by atoms with Gasteiger partial charge in [0.2, 0.25) is 0 Å². The number of rotatable bonds is 5. The summed E-state index contributed by atoms with van der Waals surface area (Å²) >= 11 is 0. The Labute approximate surface area is 162 Å². The predicted molar refractivity (Wildman–Crippen MR) is 106 cm³/mol. The van der Waals surface area contributed by atoms with Crippen molar-refractivity contribution in [3.8, 4) is 0 Å². The molecule has 0 saturated heterocycles. The SMILES string of the molecule is CN(C)C(=O)c1ccc(NC(=O)c2ccc(=O)n(Cc3ccccc3)n2)cc1. The van der Waals surface area contributed by atoms with E-state index in [0.29, 0.717) is 11.3 Å². The predicted octanol–water partition coefficient (Wildman–Crippen LogP) is 2.25. The van der Waals surface area contributed by atoms with Gasteiger partial charge in [-0.1, -0.05) is 30.3 Å². The molecule has 3 aromatic rings. The monoisotopic (exact) mass is 376 g/mol. The van der Waals surface area contributed by atoms with Crippen LogP contribution in [-0.2, 0) is 6.54 Å². The highest BCUT2D eigenvalue weighted by atomic mass is 16.2. The lowest BCUT2D eigenvalue weighted by Gasteiger charge is -2.11. The highest BCUT2D eigenvalue weighted by molar-refractivity contribution is 6.03. The summed E-state index contributed by atoms with van der Waals surface area (Å²) < 4.78 is 1.25. The van der Waals surface area contributed by atoms with Crippen molar-refractivity contribution in [1.82, 2.24) is 14.7 Å². The molecule has 0 aliphatic rings. The summed E-state index contributed by atoms with van der Waals surface area (Å²) in [6.45, 7) is 0.280. The van der Waals surface area contributed by atoms with Crippen LogP contribution in [-0.4, -0.2) is 40.6 Å². The van der Waals surface area contributed by atoms with E-state index in [0.717, 1.165) is 5.56 Å². The molecule has 7 nitrogen and oxygen atoms in total. The number of aromatic nitrogens is 2. The van der Waals surface area contributed by atoms with Crippen molar-refractivity contribution in [2.24, 2.45) is 0 Å². The summed E-state index contributed by atoms with van der Waals surface area (Å²) in [4.78, 5) is 37.9. The van der Waals surface area contributed by atoms with Crippen LogP contribution in [0.4, 0.5) is 5.69 Å². The number of carbonyl (C=O) groups excluding carboxylic acids is 2. The maximum absolute atomic E-state index is 12.5. The average Bonchev–Trinajstić information content (AvgIpc) is 2.70. The number of hydrogen-bond acceptors (Lipinski definition) is 4. The zero-order valence-corrected chi connectivity index (χ0v) is 15.6. The Morgan fingerprint density at radius 1 is 0.964 bits per heavy atom. The summed E-state index contributed by atoms with van der Waals surface area (Å²) in [7, 11) is 3.35. The quantitative estimate of drug-likeness (QED) is 0.740. The molecule has 0 radical (unpaired) electrons. The van der Waals surface area contributed by atoms with Gasteiger partial charge in [-0.15, -0.1) is 0 Å². The van der Waals surface area contributed by atoms with Gasteiger partial charge >= 0.3 is 0 Å². The number of nitrogens with one attached hydrogen (secondary N) is 1. The van der Waals surface area contributed by atoms with E-state index in [4.69, 9.17) is 0 Å². The van der Waals surface area contributed by atoms with E-state index in [1.807, 2.05) is 30.3 Å². The minimum absolute atomic E-state index is 0.118. The fraction of sp³-hybridized carbons (Fsp3) is 0.143. The van der Waals surface area contributed by atoms with E-state index in [1.54, 1.807) is 38.4 Å². The first kappa shape index (κ1) is 19.0. The molecular formula is C21H20N4O3. The molecule has 0 aliphatic heterocycles. The maximum atomic E-state index is 12.5. The second-order valence-electron chi connectivity index (χ2n) is 6.43. The Bertz CT molecular complexity index is 1040. The molecule has 0 bridgehead atoms. The summed E-state index contributed by atoms with van der Waals surface area (Å²) in [5.41, 5.74) is 1.81. The fourth-order valence-corrected chi connectivity index (χ4v) is 2.59. The van der Waals surface area contributed by atoms with Crippen molar-refractivity contribution in [3.05, 3.63) is 93.9 Å². The van der Waals surface area contributed by atoms with Gasteiger partial charge in [-0.05, 0) is 35.9 Å². The zero-order chi connectivity index (χ0) is 20.1. The lowest BCUT2D eigenvalue weighted by Crippen LogP contribution is -2.26. The van der Waals surface area contributed by atoms with Crippen molar-refractivity contribution in [3.63, 3.8) is 0 Å². The van der Waals surface area contributed by atoms with Crippen molar-refractivity contribution in [1.29, 1.82) is 0 Å². The first-order valence-electron chi connectivity index (χ1n) is 8.69. The van der Waals surface area contributed by atoms with Crippen LogP contribution in [0.1, 0.15) is 26.4 Å². The number of carbonyl (C=O) groups is 2. The maximum Gasteiger partial charge on any atom is 0.276 e. The molecule has 0 atom stereocenters. The van der Waals surface area contributed by atoms with Crippen LogP contribution in [0.3, 0.4) is 0 Å². The number of nitrogens with zero attached hydrogens (tertiary/aromatic N) is 3. The van der Waals surface area contributed by atoms with Crippen LogP contribution in [0.15, 0.2) is 71.5 Å². The second-order valence-corrected chi connectivity index (χ2v) is 6.43. The summed E-state index contributed by atoms with van der Waals surface area (Å²) in [5, 5.41) is 6.89. The molecule has 2 amide bonds. The van der Waals surface area contributed by atoms with E-state index in [-0.39, 0.29) is 23.7 Å². The molecule has 28 heavy (non-hydrogen) atoms. The largest absolute Gasteiger partial charge is 0.345 e. The molecule has 7 heteroatoms. The highest BCUT2D eigenvalue weighted by Gasteiger charge is 2.12. The number of benzene rings is 2. The summed E-state index contributed by atoms with van der Waals surface area (Å²) in [6.07, 6.45) is 0. The minimum Gasteiger partial charge on any atom is -0.345 e. The van der Waals surface area contributed by atoms with Gasteiger partial charge in [-0.3, -0.25) is 14.4 Å². The van der Waals surface area contributed by atoms with Crippen LogP contribution in [0.25, 0.3) is 0 Å². The molecule has 0 spiro atoms. The van der Waals surface area contributed by atoms with E-state index in [1.165, 1.54) is 21.7 Å². The average molecular weight is 376 g/mol. The van der Waals surface area contributed by atoms with Gasteiger partial charge in [0.1, 0.15) is 5.69 Å². The van der Waals surface area contributed by atoms with Crippen LogP contribution in [0.2, 0.25) is 0 Å². The first-order valence-corrected chi connectivity index (χ1v) is 8.69. The standard InChI is InChI=1S/C21H20N4O3/c1-24(2)21(28)16-8-10-17(11-9-16)22-20(27)18-12-13-19(26)25(23-18)14-15-6-4-3-5-7-15/h3-13H,14H2,1-2H3,(H,22,27). The van der Waals surface area contributed by atoms with Crippen molar-refractivity contribution < 1.29 is 9.59 Å². The summed E-state index contributed by atoms with van der Waals surface area (Å²) in [5.74, 6) is -0.555. The molecular weight excluding hydrogens is 356 g/mol. The number of amides is 2. The lowest BCUT2D eigenvalue weighted by molar-refractivity contribution is 0.0827. The van der Waals surface area contributed by atoms with Gasteiger partial charge < -0.3 is 10.2 Å². The third-order valence-electron chi connectivity index (χ3n) is 4.07. The van der Waals surface area contributed by atoms with E-state index in [2.05, 4.69) is 10.4 Å². The molecule has 0 aliphatic carbocycles. The molecule has 0 unspecified atom stereocenters. The smallest absolute Gasteiger partial charge is 0.276 e. The molecule has 1 N–H and O–H groups in total. The fourth-order valence-electron chi connectivity index (χ4n) is 2.59. The van der Waals surface area contributed by atoms with Gasteiger partial charge in [0, 0.05) is 31.4 Å². The van der Waals surface area contributed by atoms with Crippen LogP contribution < -0.4 is 10.9 Å². The van der Waals surface area contributed by atoms with Crippen LogP contribution in [0.5, 0.6) is 0 Å². The van der Waals surface area contributed by atoms with Gasteiger partial charge in [0.05, 0.1) is 6.54 Å². The van der Waals surface area contributed by atoms with Crippen molar-refractivity contribution >= 4 is 17.5 Å². The van der Waals surface area contributed by atoms with E-state index < -0.39 is 5.91 Å². The Kier molecular flexibility index (Phi) is 5.64. The Balaban J connectivity index is 1.75. The van der Waals surface area contributed by atoms with Crippen LogP contribution >= 0.6 is 0 Å². The highest BCUT2D eigenvalue weighted by Crippen LogP contribution is 2.12. The Hall–Kier alpha value is -3.74. The van der Waals surface area contributed by atoms with Gasteiger partial charge in [-0.2, -0.15) is 5.10 Å². The molecule has 142 valence electrons. The molecule has 0 saturated carbocycles. The van der Waals surface area contributed by atoms with Crippen molar-refractivity contribution in [2.75, 3.05) is 19.4 Å². The van der Waals surface area contributed by atoms with Gasteiger partial charge in [-0.25, -0.2) is 4.68 Å². The topological polar surface area (TPSA) is 84.3 Å². The third kappa shape index (κ3) is 4.50. The molecule has 3 rings (SSSR count). The van der Waals surface area contributed by atoms with Crippen molar-refractivity contribution in [2.45, 2.75) is 6.54 Å². The van der Waals surface area contributed by atoms with Crippen LogP contribution in [0, 0.1) is 0 Å². The molecule has 2 aromatic carbocycles. The molecule has 1 heterocycles. The minimum atomic E-state index is -0.437. The molecule has 1 aromatic heterocycles. The Morgan fingerprint density at radius 3 is 2.29 bits per heavy atom. The number of anilines is 1. The lowest BCUT2D eigenvalue weighted by atomic mass is 10.2. The number of hydrogen-bond donors (Lipinski definition) is 1. The zero-order valence-electron chi connectivity index (χ0n) is 15.6. The first-order chi connectivity index (χ1) is 13.4. The molecule has 0 fully saturated rings. The normalized spacial score (nSPS) is 10.4. The second kappa shape index (κ2) is 8.30. The summed E-state index contributed by atoms with van der Waals surface area (Å²) in [6, 6.07) is 18.7. The third-order valence-corrected chi connectivity index (χ3v) is 4.07. The van der Waals surface area contributed by atoms with E-state index in [9.17, 15) is 14.4 Å². The van der Waals surface area contributed by atoms with E-state index >= 15 is 0 Å².